The van der Waals surface area contributed by atoms with E-state index in [4.69, 9.17) is 10.3 Å². The molecule has 0 saturated carbocycles. The second kappa shape index (κ2) is 5.38. The maximum Gasteiger partial charge on any atom is 0.270 e. The number of fused-ring (bicyclic) bond motifs is 1. The fourth-order valence-corrected chi connectivity index (χ4v) is 3.78. The molecule has 4 heterocycles. The summed E-state index contributed by atoms with van der Waals surface area (Å²) in [5.41, 5.74) is 11.1. The molecule has 120 valence electrons. The minimum atomic E-state index is 0.407. The number of thiophene rings is 1. The van der Waals surface area contributed by atoms with Crippen LogP contribution in [-0.2, 0) is 0 Å². The summed E-state index contributed by atoms with van der Waals surface area (Å²) in [6, 6.07) is 3.71. The van der Waals surface area contributed by atoms with E-state index in [9.17, 15) is 0 Å². The van der Waals surface area contributed by atoms with Crippen molar-refractivity contribution in [2.24, 2.45) is 0 Å². The maximum absolute atomic E-state index is 6.37. The van der Waals surface area contributed by atoms with Crippen molar-refractivity contribution in [3.63, 3.8) is 0 Å². The Morgan fingerprint density at radius 2 is 1.96 bits per heavy atom. The van der Waals surface area contributed by atoms with Gasteiger partial charge in [-0.1, -0.05) is 5.16 Å². The third-order valence-corrected chi connectivity index (χ3v) is 5.30. The van der Waals surface area contributed by atoms with Crippen LogP contribution in [-0.4, -0.2) is 20.1 Å². The van der Waals surface area contributed by atoms with Crippen molar-refractivity contribution in [1.82, 2.24) is 20.1 Å². The highest BCUT2D eigenvalue weighted by atomic mass is 32.1. The SMILES string of the molecule is Cc1nc2sc(-c3nc(-c4cccnc4)no3)c(N)c2c(C)c1C. The first-order chi connectivity index (χ1) is 11.6. The van der Waals surface area contributed by atoms with Gasteiger partial charge in [0.1, 0.15) is 9.71 Å². The third kappa shape index (κ3) is 2.16. The standard InChI is InChI=1S/C17H15N5OS/c1-8-9(2)12-13(18)14(24-17(12)20-10(8)3)16-21-15(22-23-16)11-5-4-6-19-7-11/h4-7H,18H2,1-3H3. The number of aryl methyl sites for hydroxylation is 2. The molecule has 6 nitrogen and oxygen atoms in total. The first-order valence-corrected chi connectivity index (χ1v) is 8.28. The molecule has 0 atom stereocenters. The maximum atomic E-state index is 6.37. The molecule has 0 aliphatic heterocycles. The van der Waals surface area contributed by atoms with E-state index in [1.165, 1.54) is 11.3 Å². The summed E-state index contributed by atoms with van der Waals surface area (Å²) in [5, 5.41) is 5.01. The molecule has 0 saturated heterocycles. The van der Waals surface area contributed by atoms with Crippen LogP contribution in [0.5, 0.6) is 0 Å². The molecular weight excluding hydrogens is 322 g/mol. The van der Waals surface area contributed by atoms with E-state index in [1.54, 1.807) is 12.4 Å². The predicted octanol–water partition coefficient (Wildman–Crippen LogP) is 3.92. The molecule has 4 rings (SSSR count). The van der Waals surface area contributed by atoms with Gasteiger partial charge in [0.15, 0.2) is 0 Å². The monoisotopic (exact) mass is 337 g/mol. The normalized spacial score (nSPS) is 11.3. The molecular formula is C17H15N5OS. The molecule has 2 N–H and O–H groups in total. The van der Waals surface area contributed by atoms with Gasteiger partial charge in [-0.2, -0.15) is 4.98 Å². The third-order valence-electron chi connectivity index (χ3n) is 4.22. The number of aromatic nitrogens is 4. The van der Waals surface area contributed by atoms with Crippen LogP contribution in [0.2, 0.25) is 0 Å². The summed E-state index contributed by atoms with van der Waals surface area (Å²) in [6.45, 7) is 6.12. The van der Waals surface area contributed by atoms with Gasteiger partial charge in [0.05, 0.1) is 5.69 Å². The zero-order valence-electron chi connectivity index (χ0n) is 13.5. The number of rotatable bonds is 2. The van der Waals surface area contributed by atoms with Gasteiger partial charge in [0.2, 0.25) is 5.82 Å². The Kier molecular flexibility index (Phi) is 3.31. The van der Waals surface area contributed by atoms with Gasteiger partial charge < -0.3 is 10.3 Å². The van der Waals surface area contributed by atoms with Gasteiger partial charge in [-0.05, 0) is 44.0 Å². The average Bonchev–Trinajstić information content (AvgIpc) is 3.19. The highest BCUT2D eigenvalue weighted by molar-refractivity contribution is 7.22. The summed E-state index contributed by atoms with van der Waals surface area (Å²) in [4.78, 5) is 14.8. The van der Waals surface area contributed by atoms with E-state index in [-0.39, 0.29) is 0 Å². The minimum absolute atomic E-state index is 0.407. The lowest BCUT2D eigenvalue weighted by Crippen LogP contribution is -1.93. The summed E-state index contributed by atoms with van der Waals surface area (Å²) < 4.78 is 5.43. The van der Waals surface area contributed by atoms with Crippen LogP contribution in [0.25, 0.3) is 32.4 Å². The van der Waals surface area contributed by atoms with Crippen LogP contribution < -0.4 is 5.73 Å². The number of pyridine rings is 2. The molecule has 4 aromatic rings. The van der Waals surface area contributed by atoms with Crippen LogP contribution >= 0.6 is 11.3 Å². The Morgan fingerprint density at radius 3 is 2.71 bits per heavy atom. The minimum Gasteiger partial charge on any atom is -0.397 e. The van der Waals surface area contributed by atoms with E-state index in [0.717, 1.165) is 37.5 Å². The van der Waals surface area contributed by atoms with Gasteiger partial charge >= 0.3 is 0 Å². The van der Waals surface area contributed by atoms with Crippen LogP contribution in [0.3, 0.4) is 0 Å². The number of nitrogens with two attached hydrogens (primary N) is 1. The van der Waals surface area contributed by atoms with Gasteiger partial charge in [-0.15, -0.1) is 11.3 Å². The zero-order valence-corrected chi connectivity index (χ0v) is 14.3. The Bertz CT molecular complexity index is 1050. The lowest BCUT2D eigenvalue weighted by Gasteiger charge is -2.05. The quantitative estimate of drug-likeness (QED) is 0.596. The second-order valence-electron chi connectivity index (χ2n) is 5.64. The van der Waals surface area contributed by atoms with E-state index in [0.29, 0.717) is 17.4 Å². The van der Waals surface area contributed by atoms with Crippen LogP contribution in [0, 0.1) is 20.8 Å². The van der Waals surface area contributed by atoms with Gasteiger partial charge in [-0.3, -0.25) is 4.98 Å². The van der Waals surface area contributed by atoms with Crippen molar-refractivity contribution in [2.75, 3.05) is 5.73 Å². The first kappa shape index (κ1) is 14.8. The number of hydrogen-bond donors (Lipinski definition) is 1. The molecule has 0 aliphatic carbocycles. The second-order valence-corrected chi connectivity index (χ2v) is 6.64. The fourth-order valence-electron chi connectivity index (χ4n) is 2.65. The Balaban J connectivity index is 1.88. The summed E-state index contributed by atoms with van der Waals surface area (Å²) in [6.07, 6.45) is 3.40. The zero-order chi connectivity index (χ0) is 16.8. The fraction of sp³-hybridized carbons (Fsp3) is 0.176. The van der Waals surface area contributed by atoms with Gasteiger partial charge in [0.25, 0.3) is 5.89 Å². The lowest BCUT2D eigenvalue weighted by atomic mass is 10.1. The van der Waals surface area contributed by atoms with E-state index < -0.39 is 0 Å². The van der Waals surface area contributed by atoms with Crippen molar-refractivity contribution in [2.45, 2.75) is 20.8 Å². The molecule has 0 amide bonds. The van der Waals surface area contributed by atoms with Crippen LogP contribution in [0.4, 0.5) is 5.69 Å². The van der Waals surface area contributed by atoms with E-state index >= 15 is 0 Å². The molecule has 0 fully saturated rings. The van der Waals surface area contributed by atoms with Crippen LogP contribution in [0.15, 0.2) is 29.0 Å². The van der Waals surface area contributed by atoms with Crippen molar-refractivity contribution in [3.8, 4) is 22.2 Å². The molecule has 0 spiro atoms. The molecule has 7 heteroatoms. The van der Waals surface area contributed by atoms with Crippen molar-refractivity contribution in [3.05, 3.63) is 41.3 Å². The summed E-state index contributed by atoms with van der Waals surface area (Å²) in [7, 11) is 0. The van der Waals surface area contributed by atoms with Crippen molar-refractivity contribution >= 4 is 27.2 Å². The molecule has 0 aromatic carbocycles. The number of nitrogens with zero attached hydrogens (tertiary/aromatic N) is 4. The molecule has 0 unspecified atom stereocenters. The number of nitrogen functional groups attached to an aromatic ring is 1. The lowest BCUT2D eigenvalue weighted by molar-refractivity contribution is 0.433. The largest absolute Gasteiger partial charge is 0.397 e. The van der Waals surface area contributed by atoms with Gasteiger partial charge in [-0.25, -0.2) is 4.98 Å². The topological polar surface area (TPSA) is 90.7 Å². The molecule has 0 bridgehead atoms. The first-order valence-electron chi connectivity index (χ1n) is 7.46. The highest BCUT2D eigenvalue weighted by Gasteiger charge is 2.21. The average molecular weight is 337 g/mol. The smallest absolute Gasteiger partial charge is 0.270 e. The van der Waals surface area contributed by atoms with Crippen molar-refractivity contribution in [1.29, 1.82) is 0 Å². The number of anilines is 1. The Labute approximate surface area is 142 Å². The highest BCUT2D eigenvalue weighted by Crippen LogP contribution is 2.42. The molecule has 4 aromatic heterocycles. The summed E-state index contributed by atoms with van der Waals surface area (Å²) in [5.74, 6) is 0.899. The van der Waals surface area contributed by atoms with Crippen LogP contribution in [0.1, 0.15) is 16.8 Å². The summed E-state index contributed by atoms with van der Waals surface area (Å²) >= 11 is 1.47. The molecule has 24 heavy (non-hydrogen) atoms. The van der Waals surface area contributed by atoms with Gasteiger partial charge in [0, 0.05) is 29.0 Å². The van der Waals surface area contributed by atoms with E-state index in [1.807, 2.05) is 19.1 Å². The van der Waals surface area contributed by atoms with Crippen molar-refractivity contribution < 1.29 is 4.52 Å². The number of hydrogen-bond acceptors (Lipinski definition) is 7. The Morgan fingerprint density at radius 1 is 1.12 bits per heavy atom. The Hall–Kier alpha value is -2.80. The predicted molar refractivity (Wildman–Crippen MR) is 94.8 cm³/mol. The molecule has 0 radical (unpaired) electrons. The molecule has 0 aliphatic rings. The van der Waals surface area contributed by atoms with E-state index in [2.05, 4.69) is 34.0 Å².